The third-order valence-electron chi connectivity index (χ3n) is 3.90. The summed E-state index contributed by atoms with van der Waals surface area (Å²) in [5.41, 5.74) is 1.41. The third kappa shape index (κ3) is 4.70. The van der Waals surface area contributed by atoms with Gasteiger partial charge in [0.25, 0.3) is 5.91 Å². The van der Waals surface area contributed by atoms with Gasteiger partial charge in [0, 0.05) is 37.7 Å². The van der Waals surface area contributed by atoms with Crippen LogP contribution in [0.1, 0.15) is 43.6 Å². The number of rotatable bonds is 6. The van der Waals surface area contributed by atoms with Crippen molar-refractivity contribution in [1.82, 2.24) is 10.3 Å². The molecule has 1 aliphatic heterocycles. The lowest BCUT2D eigenvalue weighted by atomic mass is 9.93. The van der Waals surface area contributed by atoms with Crippen molar-refractivity contribution in [2.45, 2.75) is 39.2 Å². The predicted octanol–water partition coefficient (Wildman–Crippen LogP) is 2.45. The molecule has 0 aliphatic carbocycles. The number of nitrogens with zero attached hydrogens (tertiary/aromatic N) is 1. The lowest BCUT2D eigenvalue weighted by Gasteiger charge is -2.28. The summed E-state index contributed by atoms with van der Waals surface area (Å²) in [5.74, 6) is 0.387. The van der Waals surface area contributed by atoms with Crippen LogP contribution in [0.4, 0.5) is 5.69 Å². The van der Waals surface area contributed by atoms with Crippen molar-refractivity contribution < 1.29 is 9.53 Å². The maximum atomic E-state index is 12.3. The van der Waals surface area contributed by atoms with Crippen molar-refractivity contribution in [3.8, 4) is 0 Å². The Labute approximate surface area is 126 Å². The first-order valence-electron chi connectivity index (χ1n) is 7.79. The Morgan fingerprint density at radius 1 is 1.48 bits per heavy atom. The minimum absolute atomic E-state index is 0.103. The van der Waals surface area contributed by atoms with E-state index in [1.165, 1.54) is 0 Å². The largest absolute Gasteiger partial charge is 0.385 e. The van der Waals surface area contributed by atoms with E-state index in [4.69, 9.17) is 4.74 Å². The second kappa shape index (κ2) is 7.98. The van der Waals surface area contributed by atoms with Crippen LogP contribution in [-0.4, -0.2) is 36.7 Å². The molecule has 1 aromatic rings. The van der Waals surface area contributed by atoms with Gasteiger partial charge in [0.15, 0.2) is 0 Å². The van der Waals surface area contributed by atoms with Crippen molar-refractivity contribution in [3.05, 3.63) is 24.0 Å². The molecule has 1 saturated heterocycles. The van der Waals surface area contributed by atoms with Gasteiger partial charge in [-0.25, -0.2) is 0 Å². The summed E-state index contributed by atoms with van der Waals surface area (Å²) in [6, 6.07) is 3.84. The summed E-state index contributed by atoms with van der Waals surface area (Å²) < 4.78 is 5.36. The van der Waals surface area contributed by atoms with Crippen LogP contribution >= 0.6 is 0 Å². The molecule has 5 nitrogen and oxygen atoms in total. The Morgan fingerprint density at radius 2 is 2.24 bits per heavy atom. The smallest absolute Gasteiger partial charge is 0.270 e. The van der Waals surface area contributed by atoms with Gasteiger partial charge >= 0.3 is 0 Å². The van der Waals surface area contributed by atoms with Gasteiger partial charge in [-0.15, -0.1) is 0 Å². The maximum absolute atomic E-state index is 12.3. The second-order valence-corrected chi connectivity index (χ2v) is 5.57. The first-order valence-corrected chi connectivity index (χ1v) is 7.79. The van der Waals surface area contributed by atoms with E-state index in [1.807, 2.05) is 12.1 Å². The molecule has 0 spiro atoms. The van der Waals surface area contributed by atoms with Gasteiger partial charge in [-0.05, 0) is 44.2 Å². The fraction of sp³-hybridized carbons (Fsp3) is 0.625. The molecule has 0 aromatic carbocycles. The molecule has 1 unspecified atom stereocenters. The van der Waals surface area contributed by atoms with Gasteiger partial charge in [0.2, 0.25) is 0 Å². The van der Waals surface area contributed by atoms with Crippen molar-refractivity contribution >= 4 is 11.6 Å². The second-order valence-electron chi connectivity index (χ2n) is 5.57. The Balaban J connectivity index is 1.92. The van der Waals surface area contributed by atoms with Crippen LogP contribution in [0.2, 0.25) is 0 Å². The number of aromatic nitrogens is 1. The summed E-state index contributed by atoms with van der Waals surface area (Å²) in [6.07, 6.45) is 4.73. The molecular weight excluding hydrogens is 266 g/mol. The quantitative estimate of drug-likeness (QED) is 0.845. The van der Waals surface area contributed by atoms with Crippen molar-refractivity contribution in [2.24, 2.45) is 5.92 Å². The Hall–Kier alpha value is -1.62. The topological polar surface area (TPSA) is 63.2 Å². The number of hydrogen-bond donors (Lipinski definition) is 2. The zero-order chi connectivity index (χ0) is 15.1. The molecule has 0 radical (unpaired) electrons. The van der Waals surface area contributed by atoms with E-state index in [2.05, 4.69) is 29.5 Å². The van der Waals surface area contributed by atoms with Crippen LogP contribution in [0.5, 0.6) is 0 Å². The number of amides is 1. The predicted molar refractivity (Wildman–Crippen MR) is 83.5 cm³/mol. The highest BCUT2D eigenvalue weighted by Gasteiger charge is 2.22. The third-order valence-corrected chi connectivity index (χ3v) is 3.90. The van der Waals surface area contributed by atoms with Crippen LogP contribution in [-0.2, 0) is 4.74 Å². The molecule has 116 valence electrons. The summed E-state index contributed by atoms with van der Waals surface area (Å²) in [5, 5.41) is 6.33. The number of ether oxygens (including phenoxy) is 1. The van der Waals surface area contributed by atoms with Gasteiger partial charge < -0.3 is 15.4 Å². The standard InChI is InChI=1S/C16H25N3O2/c1-3-7-17-14-4-8-18-15(11-14)16(20)19-12(2)13-5-9-21-10-6-13/h4,8,11-13H,3,5-7,9-10H2,1-2H3,(H,17,18)(H,19,20). The van der Waals surface area contributed by atoms with Crippen molar-refractivity contribution in [1.29, 1.82) is 0 Å². The van der Waals surface area contributed by atoms with Crippen LogP contribution in [0.25, 0.3) is 0 Å². The molecule has 1 aliphatic rings. The highest BCUT2D eigenvalue weighted by Crippen LogP contribution is 2.19. The molecular formula is C16H25N3O2. The Morgan fingerprint density at radius 3 is 2.95 bits per heavy atom. The van der Waals surface area contributed by atoms with Crippen molar-refractivity contribution in [3.63, 3.8) is 0 Å². The van der Waals surface area contributed by atoms with E-state index >= 15 is 0 Å². The molecule has 2 rings (SSSR count). The SMILES string of the molecule is CCCNc1ccnc(C(=O)NC(C)C2CCOCC2)c1. The molecule has 21 heavy (non-hydrogen) atoms. The molecule has 1 amide bonds. The van der Waals surface area contributed by atoms with Gasteiger partial charge in [-0.1, -0.05) is 6.92 Å². The van der Waals surface area contributed by atoms with E-state index in [1.54, 1.807) is 6.20 Å². The van der Waals surface area contributed by atoms with Crippen molar-refractivity contribution in [2.75, 3.05) is 25.1 Å². The summed E-state index contributed by atoms with van der Waals surface area (Å²) in [6.45, 7) is 6.65. The molecule has 2 N–H and O–H groups in total. The molecule has 2 heterocycles. The number of carbonyl (C=O) groups excluding carboxylic acids is 1. The van der Waals surface area contributed by atoms with E-state index < -0.39 is 0 Å². The van der Waals surface area contributed by atoms with Gasteiger partial charge in [0.1, 0.15) is 5.69 Å². The highest BCUT2D eigenvalue weighted by atomic mass is 16.5. The first-order chi connectivity index (χ1) is 10.2. The van der Waals surface area contributed by atoms with E-state index in [0.717, 1.165) is 44.7 Å². The van der Waals surface area contributed by atoms with E-state index in [9.17, 15) is 4.79 Å². The van der Waals surface area contributed by atoms with Crippen LogP contribution in [0, 0.1) is 5.92 Å². The maximum Gasteiger partial charge on any atom is 0.270 e. The lowest BCUT2D eigenvalue weighted by Crippen LogP contribution is -2.40. The number of hydrogen-bond acceptors (Lipinski definition) is 4. The van der Waals surface area contributed by atoms with Crippen LogP contribution in [0.15, 0.2) is 18.3 Å². The molecule has 0 saturated carbocycles. The molecule has 5 heteroatoms. The van der Waals surface area contributed by atoms with Gasteiger partial charge in [0.05, 0.1) is 0 Å². The zero-order valence-corrected chi connectivity index (χ0v) is 12.9. The fourth-order valence-corrected chi connectivity index (χ4v) is 2.55. The number of carbonyl (C=O) groups is 1. The minimum atomic E-state index is -0.103. The van der Waals surface area contributed by atoms with Crippen LogP contribution in [0.3, 0.4) is 0 Å². The zero-order valence-electron chi connectivity index (χ0n) is 12.9. The molecule has 1 aromatic heterocycles. The summed E-state index contributed by atoms with van der Waals surface area (Å²) in [7, 11) is 0. The number of anilines is 1. The Kier molecular flexibility index (Phi) is 5.99. The van der Waals surface area contributed by atoms with E-state index in [-0.39, 0.29) is 11.9 Å². The highest BCUT2D eigenvalue weighted by molar-refractivity contribution is 5.93. The lowest BCUT2D eigenvalue weighted by molar-refractivity contribution is 0.0537. The molecule has 1 fully saturated rings. The number of pyridine rings is 1. The van der Waals surface area contributed by atoms with Gasteiger partial charge in [-0.3, -0.25) is 9.78 Å². The first kappa shape index (κ1) is 15.8. The number of nitrogens with one attached hydrogen (secondary N) is 2. The van der Waals surface area contributed by atoms with Crippen LogP contribution < -0.4 is 10.6 Å². The monoisotopic (exact) mass is 291 g/mol. The summed E-state index contributed by atoms with van der Waals surface area (Å²) in [4.78, 5) is 16.5. The Bertz CT molecular complexity index is 459. The van der Waals surface area contributed by atoms with E-state index in [0.29, 0.717) is 11.6 Å². The van der Waals surface area contributed by atoms with Gasteiger partial charge in [-0.2, -0.15) is 0 Å². The summed E-state index contributed by atoms with van der Waals surface area (Å²) >= 11 is 0. The fourth-order valence-electron chi connectivity index (χ4n) is 2.55. The molecule has 1 atom stereocenters. The normalized spacial score (nSPS) is 17.2. The molecule has 0 bridgehead atoms. The average molecular weight is 291 g/mol. The average Bonchev–Trinajstić information content (AvgIpc) is 2.54. The minimum Gasteiger partial charge on any atom is -0.385 e.